The van der Waals surface area contributed by atoms with Gasteiger partial charge in [0, 0.05) is 36.4 Å². The molecule has 1 aromatic heterocycles. The summed E-state index contributed by atoms with van der Waals surface area (Å²) in [6.07, 6.45) is 0. The van der Waals surface area contributed by atoms with E-state index >= 15 is 0 Å². The number of nitrogens with one attached hydrogen (secondary N) is 1. The molecular formula is C18H16ClFN2OS. The predicted molar refractivity (Wildman–Crippen MR) is 98.7 cm³/mol. The Labute approximate surface area is 148 Å². The van der Waals surface area contributed by atoms with Crippen molar-refractivity contribution in [3.8, 4) is 0 Å². The van der Waals surface area contributed by atoms with Crippen LogP contribution >= 0.6 is 22.9 Å². The van der Waals surface area contributed by atoms with Crippen molar-refractivity contribution in [1.29, 1.82) is 0 Å². The van der Waals surface area contributed by atoms with Crippen LogP contribution < -0.4 is 10.2 Å². The van der Waals surface area contributed by atoms with Gasteiger partial charge in [-0.05, 0) is 35.9 Å². The second kappa shape index (κ2) is 6.79. The molecule has 0 atom stereocenters. The molecule has 0 spiro atoms. The lowest BCUT2D eigenvalue weighted by molar-refractivity contribution is 0.0955. The molecule has 1 heterocycles. The van der Waals surface area contributed by atoms with Crippen molar-refractivity contribution >= 4 is 44.6 Å². The molecule has 0 saturated carbocycles. The molecule has 3 aromatic rings. The number of halogens is 2. The van der Waals surface area contributed by atoms with Crippen molar-refractivity contribution in [2.45, 2.75) is 6.54 Å². The monoisotopic (exact) mass is 362 g/mol. The van der Waals surface area contributed by atoms with Crippen LogP contribution in [0.4, 0.5) is 10.1 Å². The number of amides is 1. The number of thiophene rings is 1. The molecule has 1 amide bonds. The van der Waals surface area contributed by atoms with Gasteiger partial charge in [-0.1, -0.05) is 23.7 Å². The zero-order valence-corrected chi connectivity index (χ0v) is 14.8. The van der Waals surface area contributed by atoms with Crippen LogP contribution in [-0.2, 0) is 6.54 Å². The molecular weight excluding hydrogens is 347 g/mol. The van der Waals surface area contributed by atoms with E-state index in [0.29, 0.717) is 26.5 Å². The number of anilines is 1. The maximum absolute atomic E-state index is 13.3. The van der Waals surface area contributed by atoms with E-state index in [9.17, 15) is 9.18 Å². The molecule has 0 unspecified atom stereocenters. The maximum Gasteiger partial charge on any atom is 0.263 e. The molecule has 0 saturated heterocycles. The average Bonchev–Trinajstić information content (AvgIpc) is 2.89. The third-order valence-corrected chi connectivity index (χ3v) is 5.36. The van der Waals surface area contributed by atoms with Crippen LogP contribution in [0, 0.1) is 5.82 Å². The van der Waals surface area contributed by atoms with Crippen LogP contribution in [-0.4, -0.2) is 20.0 Å². The highest BCUT2D eigenvalue weighted by molar-refractivity contribution is 7.21. The molecule has 24 heavy (non-hydrogen) atoms. The molecule has 0 aliphatic heterocycles. The summed E-state index contributed by atoms with van der Waals surface area (Å²) >= 11 is 7.46. The molecule has 3 rings (SSSR count). The minimum atomic E-state index is -0.339. The van der Waals surface area contributed by atoms with E-state index in [-0.39, 0.29) is 11.7 Å². The summed E-state index contributed by atoms with van der Waals surface area (Å²) in [5, 5.41) is 3.93. The van der Waals surface area contributed by atoms with E-state index < -0.39 is 0 Å². The minimum Gasteiger partial charge on any atom is -0.378 e. The number of carbonyl (C=O) groups excluding carboxylic acids is 1. The highest BCUT2D eigenvalue weighted by Crippen LogP contribution is 2.35. The van der Waals surface area contributed by atoms with Crippen molar-refractivity contribution < 1.29 is 9.18 Å². The van der Waals surface area contributed by atoms with Crippen molar-refractivity contribution in [3.63, 3.8) is 0 Å². The molecule has 124 valence electrons. The zero-order valence-electron chi connectivity index (χ0n) is 13.3. The second-order valence-corrected chi connectivity index (χ2v) is 7.06. The van der Waals surface area contributed by atoms with Crippen molar-refractivity contribution in [3.05, 3.63) is 63.7 Å². The number of hydrogen-bond donors (Lipinski definition) is 1. The van der Waals surface area contributed by atoms with Crippen LogP contribution in [0.3, 0.4) is 0 Å². The lowest BCUT2D eigenvalue weighted by atomic mass is 10.2. The van der Waals surface area contributed by atoms with Gasteiger partial charge in [0.25, 0.3) is 5.91 Å². The first-order valence-electron chi connectivity index (χ1n) is 7.37. The van der Waals surface area contributed by atoms with Crippen molar-refractivity contribution in [2.75, 3.05) is 19.0 Å². The Hall–Kier alpha value is -2.11. The van der Waals surface area contributed by atoms with E-state index in [1.165, 1.54) is 23.5 Å². The Balaban J connectivity index is 1.74. The normalized spacial score (nSPS) is 10.8. The number of nitrogens with zero attached hydrogens (tertiary/aromatic N) is 1. The smallest absolute Gasteiger partial charge is 0.263 e. The van der Waals surface area contributed by atoms with Gasteiger partial charge in [0.2, 0.25) is 0 Å². The second-order valence-electron chi connectivity index (χ2n) is 5.63. The summed E-state index contributed by atoms with van der Waals surface area (Å²) in [5.74, 6) is -0.591. The molecule has 2 aromatic carbocycles. The van der Waals surface area contributed by atoms with Gasteiger partial charge in [-0.3, -0.25) is 4.79 Å². The SMILES string of the molecule is CN(C)c1ccc(CNC(=O)c2sc3cc(F)ccc3c2Cl)cc1. The van der Waals surface area contributed by atoms with Gasteiger partial charge in [-0.25, -0.2) is 4.39 Å². The average molecular weight is 363 g/mol. The topological polar surface area (TPSA) is 32.3 Å². The summed E-state index contributed by atoms with van der Waals surface area (Å²) in [4.78, 5) is 14.8. The van der Waals surface area contributed by atoms with Gasteiger partial charge < -0.3 is 10.2 Å². The van der Waals surface area contributed by atoms with Gasteiger partial charge in [-0.2, -0.15) is 0 Å². The predicted octanol–water partition coefficient (Wildman–Crippen LogP) is 4.69. The Morgan fingerprint density at radius 2 is 1.92 bits per heavy atom. The Morgan fingerprint density at radius 1 is 1.21 bits per heavy atom. The summed E-state index contributed by atoms with van der Waals surface area (Å²) in [7, 11) is 3.95. The molecule has 0 radical (unpaired) electrons. The third-order valence-electron chi connectivity index (χ3n) is 3.70. The summed E-state index contributed by atoms with van der Waals surface area (Å²) in [5.41, 5.74) is 2.09. The number of hydrogen-bond acceptors (Lipinski definition) is 3. The van der Waals surface area contributed by atoms with Crippen molar-refractivity contribution in [1.82, 2.24) is 5.32 Å². The van der Waals surface area contributed by atoms with Gasteiger partial charge >= 0.3 is 0 Å². The maximum atomic E-state index is 13.3. The molecule has 3 nitrogen and oxygen atoms in total. The van der Waals surface area contributed by atoms with E-state index in [0.717, 1.165) is 11.3 Å². The Bertz CT molecular complexity index is 890. The summed E-state index contributed by atoms with van der Waals surface area (Å²) in [6, 6.07) is 12.3. The van der Waals surface area contributed by atoms with Gasteiger partial charge in [-0.15, -0.1) is 11.3 Å². The fourth-order valence-corrected chi connectivity index (χ4v) is 3.82. The number of benzene rings is 2. The number of carbonyl (C=O) groups is 1. The van der Waals surface area contributed by atoms with Crippen molar-refractivity contribution in [2.24, 2.45) is 0 Å². The zero-order chi connectivity index (χ0) is 17.3. The lowest BCUT2D eigenvalue weighted by Crippen LogP contribution is -2.22. The standard InChI is InChI=1S/C18H16ClFN2OS/c1-22(2)13-6-3-11(4-7-13)10-21-18(23)17-16(19)14-8-5-12(20)9-15(14)24-17/h3-9H,10H2,1-2H3,(H,21,23). The Kier molecular flexibility index (Phi) is 4.73. The van der Waals surface area contributed by atoms with E-state index in [1.54, 1.807) is 6.07 Å². The fourth-order valence-electron chi connectivity index (χ4n) is 2.36. The van der Waals surface area contributed by atoms with Crippen LogP contribution in [0.1, 0.15) is 15.2 Å². The first-order valence-corrected chi connectivity index (χ1v) is 8.57. The van der Waals surface area contributed by atoms with Crippen LogP contribution in [0.2, 0.25) is 5.02 Å². The largest absolute Gasteiger partial charge is 0.378 e. The van der Waals surface area contributed by atoms with Gasteiger partial charge in [0.15, 0.2) is 0 Å². The molecule has 0 aliphatic rings. The highest BCUT2D eigenvalue weighted by Gasteiger charge is 2.17. The van der Waals surface area contributed by atoms with Crippen LogP contribution in [0.25, 0.3) is 10.1 Å². The van der Waals surface area contributed by atoms with Gasteiger partial charge in [0.05, 0.1) is 5.02 Å². The highest BCUT2D eigenvalue weighted by atomic mass is 35.5. The summed E-state index contributed by atoms with van der Waals surface area (Å²) < 4.78 is 14.0. The molecule has 0 aliphatic carbocycles. The lowest BCUT2D eigenvalue weighted by Gasteiger charge is -2.12. The molecule has 1 N–H and O–H groups in total. The van der Waals surface area contributed by atoms with Crippen LogP contribution in [0.15, 0.2) is 42.5 Å². The van der Waals surface area contributed by atoms with Gasteiger partial charge in [0.1, 0.15) is 10.7 Å². The van der Waals surface area contributed by atoms with Crippen LogP contribution in [0.5, 0.6) is 0 Å². The first kappa shape index (κ1) is 16.7. The molecule has 6 heteroatoms. The molecule has 0 bridgehead atoms. The number of rotatable bonds is 4. The fraction of sp³-hybridized carbons (Fsp3) is 0.167. The van der Waals surface area contributed by atoms with E-state index in [1.807, 2.05) is 43.3 Å². The summed E-state index contributed by atoms with van der Waals surface area (Å²) in [6.45, 7) is 0.408. The van der Waals surface area contributed by atoms with E-state index in [4.69, 9.17) is 11.6 Å². The first-order chi connectivity index (χ1) is 11.5. The quantitative estimate of drug-likeness (QED) is 0.730. The minimum absolute atomic E-state index is 0.252. The molecule has 0 fully saturated rings. The third kappa shape index (κ3) is 3.37. The Morgan fingerprint density at radius 3 is 2.58 bits per heavy atom. The van der Waals surface area contributed by atoms with E-state index in [2.05, 4.69) is 5.32 Å². The number of fused-ring (bicyclic) bond motifs is 1.